The zero-order valence-corrected chi connectivity index (χ0v) is 20.4. The third-order valence-electron chi connectivity index (χ3n) is 5.49. The lowest BCUT2D eigenvalue weighted by atomic mass is 10.1. The van der Waals surface area contributed by atoms with Crippen LogP contribution in [0.3, 0.4) is 0 Å². The molecule has 0 aliphatic rings. The van der Waals surface area contributed by atoms with Gasteiger partial charge < -0.3 is 10.1 Å². The number of methoxy groups -OCH3 is 1. The van der Waals surface area contributed by atoms with E-state index in [-0.39, 0.29) is 22.9 Å². The monoisotopic (exact) mass is 461 g/mol. The number of hydrogen-bond acceptors (Lipinski definition) is 5. The van der Waals surface area contributed by atoms with Gasteiger partial charge in [-0.2, -0.15) is 4.31 Å². The van der Waals surface area contributed by atoms with Gasteiger partial charge in [0.05, 0.1) is 18.0 Å². The molecule has 0 saturated carbocycles. The Morgan fingerprint density at radius 1 is 1.00 bits per heavy atom. The molecule has 7 nitrogen and oxygen atoms in total. The summed E-state index contributed by atoms with van der Waals surface area (Å²) in [6.45, 7) is 8.83. The third kappa shape index (κ3) is 6.79. The summed E-state index contributed by atoms with van der Waals surface area (Å²) in [5.41, 5.74) is 2.04. The van der Waals surface area contributed by atoms with Crippen LogP contribution in [0.4, 0.5) is 0 Å². The van der Waals surface area contributed by atoms with Crippen molar-refractivity contribution in [2.75, 3.05) is 26.7 Å². The van der Waals surface area contributed by atoms with E-state index < -0.39 is 10.0 Å². The molecule has 0 aliphatic carbocycles. The third-order valence-corrected chi connectivity index (χ3v) is 7.55. The van der Waals surface area contributed by atoms with Crippen LogP contribution < -0.4 is 15.4 Å². The van der Waals surface area contributed by atoms with E-state index in [4.69, 9.17) is 4.74 Å². The number of rotatable bonds is 12. The van der Waals surface area contributed by atoms with E-state index in [1.54, 1.807) is 31.4 Å². The summed E-state index contributed by atoms with van der Waals surface area (Å²) < 4.78 is 31.8. The van der Waals surface area contributed by atoms with E-state index in [2.05, 4.69) is 10.6 Å². The molecule has 0 heterocycles. The van der Waals surface area contributed by atoms with Crippen molar-refractivity contribution in [3.63, 3.8) is 0 Å². The van der Waals surface area contributed by atoms with E-state index in [1.807, 2.05) is 52.0 Å². The zero-order valence-electron chi connectivity index (χ0n) is 19.6. The van der Waals surface area contributed by atoms with Crippen LogP contribution in [0.15, 0.2) is 53.4 Å². The quantitative estimate of drug-likeness (QED) is 0.507. The fourth-order valence-corrected chi connectivity index (χ4v) is 4.92. The summed E-state index contributed by atoms with van der Waals surface area (Å²) in [4.78, 5) is 12.7. The molecule has 2 aromatic rings. The second kappa shape index (κ2) is 12.0. The Labute approximate surface area is 192 Å². The average Bonchev–Trinajstić information content (AvgIpc) is 2.80. The maximum absolute atomic E-state index is 12.6. The lowest BCUT2D eigenvalue weighted by molar-refractivity contribution is -0.122. The van der Waals surface area contributed by atoms with Gasteiger partial charge in [0.2, 0.25) is 15.9 Å². The van der Waals surface area contributed by atoms with Crippen LogP contribution in [-0.2, 0) is 21.2 Å². The van der Waals surface area contributed by atoms with Gasteiger partial charge in [-0.25, -0.2) is 8.42 Å². The van der Waals surface area contributed by atoms with Gasteiger partial charge >= 0.3 is 0 Å². The topological polar surface area (TPSA) is 87.7 Å². The van der Waals surface area contributed by atoms with Crippen LogP contribution in [0.25, 0.3) is 0 Å². The first kappa shape index (κ1) is 25.8. The Morgan fingerprint density at radius 2 is 1.59 bits per heavy atom. The zero-order chi connectivity index (χ0) is 23.7. The first-order chi connectivity index (χ1) is 15.2. The molecule has 8 heteroatoms. The van der Waals surface area contributed by atoms with Crippen molar-refractivity contribution in [1.82, 2.24) is 14.9 Å². The predicted octanol–water partition coefficient (Wildman–Crippen LogP) is 3.12. The van der Waals surface area contributed by atoms with Crippen molar-refractivity contribution < 1.29 is 17.9 Å². The highest BCUT2D eigenvalue weighted by molar-refractivity contribution is 7.89. The summed E-state index contributed by atoms with van der Waals surface area (Å²) in [5, 5.41) is 6.23. The molecule has 0 aliphatic heterocycles. The van der Waals surface area contributed by atoms with Crippen LogP contribution in [-0.4, -0.2) is 51.4 Å². The number of nitrogens with zero attached hydrogens (tertiary/aromatic N) is 1. The van der Waals surface area contributed by atoms with E-state index in [9.17, 15) is 13.2 Å². The molecule has 0 bridgehead atoms. The molecule has 0 aromatic heterocycles. The van der Waals surface area contributed by atoms with E-state index in [0.717, 1.165) is 23.3 Å². The van der Waals surface area contributed by atoms with Crippen molar-refractivity contribution in [3.8, 4) is 5.75 Å². The largest absolute Gasteiger partial charge is 0.497 e. The number of carbonyl (C=O) groups excluding carboxylic acids is 1. The standard InChI is InChI=1S/C24H35N3O4S/c1-6-27(7-2)32(29,30)23-14-10-21(11-15-23)18(3)26-19(4)24(28)25-17-16-20-8-12-22(31-5)13-9-20/h8-15,18-19,26H,6-7,16-17H2,1-5H3,(H,25,28). The number of ether oxygens (including phenoxy) is 1. The number of benzene rings is 2. The second-order valence-corrected chi connectivity index (χ2v) is 9.60. The Morgan fingerprint density at radius 3 is 2.12 bits per heavy atom. The summed E-state index contributed by atoms with van der Waals surface area (Å²) in [5.74, 6) is 0.731. The molecule has 2 N–H and O–H groups in total. The molecule has 176 valence electrons. The lowest BCUT2D eigenvalue weighted by Crippen LogP contribution is -2.43. The van der Waals surface area contributed by atoms with Gasteiger partial charge in [-0.1, -0.05) is 38.1 Å². The van der Waals surface area contributed by atoms with Crippen molar-refractivity contribution in [1.29, 1.82) is 0 Å². The fraction of sp³-hybridized carbons (Fsp3) is 0.458. The van der Waals surface area contributed by atoms with Crippen molar-refractivity contribution in [2.24, 2.45) is 0 Å². The molecule has 0 spiro atoms. The number of sulfonamides is 1. The predicted molar refractivity (Wildman–Crippen MR) is 127 cm³/mol. The van der Waals surface area contributed by atoms with E-state index >= 15 is 0 Å². The Kier molecular flexibility index (Phi) is 9.68. The van der Waals surface area contributed by atoms with Crippen LogP contribution in [0, 0.1) is 0 Å². The Hall–Kier alpha value is -2.42. The van der Waals surface area contributed by atoms with Crippen molar-refractivity contribution >= 4 is 15.9 Å². The van der Waals surface area contributed by atoms with Gasteiger partial charge in [0, 0.05) is 25.7 Å². The average molecular weight is 462 g/mol. The molecule has 0 fully saturated rings. The molecule has 32 heavy (non-hydrogen) atoms. The van der Waals surface area contributed by atoms with Crippen LogP contribution in [0.1, 0.15) is 44.9 Å². The van der Waals surface area contributed by atoms with Crippen molar-refractivity contribution in [2.45, 2.75) is 51.1 Å². The highest BCUT2D eigenvalue weighted by Crippen LogP contribution is 2.20. The van der Waals surface area contributed by atoms with E-state index in [0.29, 0.717) is 19.6 Å². The van der Waals surface area contributed by atoms with Crippen LogP contribution >= 0.6 is 0 Å². The molecule has 2 atom stereocenters. The van der Waals surface area contributed by atoms with Crippen LogP contribution in [0.2, 0.25) is 0 Å². The van der Waals surface area contributed by atoms with Gasteiger partial charge in [-0.05, 0) is 55.7 Å². The van der Waals surface area contributed by atoms with Gasteiger partial charge in [-0.15, -0.1) is 0 Å². The number of hydrogen-bond donors (Lipinski definition) is 2. The second-order valence-electron chi connectivity index (χ2n) is 7.66. The maximum Gasteiger partial charge on any atom is 0.243 e. The smallest absolute Gasteiger partial charge is 0.243 e. The number of carbonyl (C=O) groups is 1. The molecule has 2 aromatic carbocycles. The van der Waals surface area contributed by atoms with Gasteiger partial charge in [0.25, 0.3) is 0 Å². The number of amides is 1. The summed E-state index contributed by atoms with van der Waals surface area (Å²) in [6.07, 6.45) is 0.737. The van der Waals surface area contributed by atoms with Crippen LogP contribution in [0.5, 0.6) is 5.75 Å². The first-order valence-corrected chi connectivity index (χ1v) is 12.4. The molecular formula is C24H35N3O4S. The molecule has 0 radical (unpaired) electrons. The minimum Gasteiger partial charge on any atom is -0.497 e. The van der Waals surface area contributed by atoms with Gasteiger partial charge in [-0.3, -0.25) is 10.1 Å². The molecule has 1 amide bonds. The normalized spacial score (nSPS) is 13.6. The molecule has 0 saturated heterocycles. The highest BCUT2D eigenvalue weighted by Gasteiger charge is 2.22. The Bertz CT molecular complexity index is 956. The summed E-state index contributed by atoms with van der Waals surface area (Å²) in [7, 11) is -1.84. The van der Waals surface area contributed by atoms with Gasteiger partial charge in [0.1, 0.15) is 5.75 Å². The van der Waals surface area contributed by atoms with E-state index in [1.165, 1.54) is 4.31 Å². The minimum absolute atomic E-state index is 0.0777. The number of nitrogens with one attached hydrogen (secondary N) is 2. The lowest BCUT2D eigenvalue weighted by Gasteiger charge is -2.21. The maximum atomic E-state index is 12.6. The highest BCUT2D eigenvalue weighted by atomic mass is 32.2. The molecular weight excluding hydrogens is 426 g/mol. The molecule has 2 rings (SSSR count). The Balaban J connectivity index is 1.87. The fourth-order valence-electron chi connectivity index (χ4n) is 3.46. The van der Waals surface area contributed by atoms with Crippen molar-refractivity contribution in [3.05, 3.63) is 59.7 Å². The SMILES string of the molecule is CCN(CC)S(=O)(=O)c1ccc(C(C)NC(C)C(=O)NCCc2ccc(OC)cc2)cc1. The summed E-state index contributed by atoms with van der Waals surface area (Å²) >= 11 is 0. The first-order valence-electron chi connectivity index (χ1n) is 11.0. The van der Waals surface area contributed by atoms with Gasteiger partial charge in [0.15, 0.2) is 0 Å². The summed E-state index contributed by atoms with van der Waals surface area (Å²) in [6, 6.07) is 14.1. The minimum atomic E-state index is -3.48. The molecule has 2 unspecified atom stereocenters.